The number of nitrogens with one attached hydrogen (secondary N) is 1. The van der Waals surface area contributed by atoms with E-state index in [1.54, 1.807) is 18.3 Å². The number of nitrogens with zero attached hydrogens (tertiary/aromatic N) is 2. The van der Waals surface area contributed by atoms with Gasteiger partial charge in [0.05, 0.1) is 34.0 Å². The van der Waals surface area contributed by atoms with Crippen LogP contribution in [-0.2, 0) is 14.3 Å². The number of pyridine rings is 1. The van der Waals surface area contributed by atoms with E-state index < -0.39 is 36.4 Å². The van der Waals surface area contributed by atoms with Crippen molar-refractivity contribution in [3.8, 4) is 0 Å². The number of carboxylic acids is 2. The summed E-state index contributed by atoms with van der Waals surface area (Å²) in [5.41, 5.74) is 5.72. The average molecular weight is 539 g/mol. The SMILES string of the molecule is CC(O)(COC(C(=O)O)C(O)C(=O)O)CN1CCC(CNC(=O)c2cc(Cl)c(N)c3cccnc23)CC1. The Morgan fingerprint density at radius 2 is 1.97 bits per heavy atom. The highest BCUT2D eigenvalue weighted by Crippen LogP contribution is 2.30. The summed E-state index contributed by atoms with van der Waals surface area (Å²) in [4.78, 5) is 41.2. The highest BCUT2D eigenvalue weighted by atomic mass is 35.5. The summed E-state index contributed by atoms with van der Waals surface area (Å²) in [5, 5.41) is 41.9. The number of likely N-dealkylation sites (tertiary alicyclic amines) is 1. The number of β-amino-alcohol motifs (C(OH)–C–C–N with tert-alkyl or cyclic N) is 1. The van der Waals surface area contributed by atoms with Gasteiger partial charge in [-0.05, 0) is 57.0 Å². The summed E-state index contributed by atoms with van der Waals surface area (Å²) in [6.45, 7) is 2.81. The molecule has 0 bridgehead atoms. The highest BCUT2D eigenvalue weighted by Gasteiger charge is 2.36. The molecule has 0 saturated carbocycles. The number of carboxylic acid groups (broad SMARTS) is 2. The molecular formula is C24H31ClN4O8. The lowest BCUT2D eigenvalue weighted by atomic mass is 9.95. The Morgan fingerprint density at radius 1 is 1.30 bits per heavy atom. The minimum Gasteiger partial charge on any atom is -0.479 e. The summed E-state index contributed by atoms with van der Waals surface area (Å²) in [6.07, 6.45) is -1.18. The van der Waals surface area contributed by atoms with E-state index in [9.17, 15) is 24.6 Å². The largest absolute Gasteiger partial charge is 0.479 e. The number of carbonyl (C=O) groups is 3. The molecule has 1 amide bonds. The van der Waals surface area contributed by atoms with Crippen LogP contribution in [0.4, 0.5) is 5.69 Å². The molecule has 1 aliphatic heterocycles. The zero-order valence-corrected chi connectivity index (χ0v) is 21.0. The molecule has 3 atom stereocenters. The normalized spacial score (nSPS) is 18.2. The maximum absolute atomic E-state index is 12.9. The quantitative estimate of drug-likeness (QED) is 0.219. The maximum atomic E-state index is 12.9. The third kappa shape index (κ3) is 7.27. The van der Waals surface area contributed by atoms with Gasteiger partial charge in [0.1, 0.15) is 0 Å². The van der Waals surface area contributed by atoms with Gasteiger partial charge >= 0.3 is 11.9 Å². The van der Waals surface area contributed by atoms with Crippen molar-refractivity contribution in [3.63, 3.8) is 0 Å². The summed E-state index contributed by atoms with van der Waals surface area (Å²) in [7, 11) is 0. The molecule has 1 fully saturated rings. The second-order valence-corrected chi connectivity index (χ2v) is 9.91. The Hall–Kier alpha value is -3.03. The Labute approximate surface area is 218 Å². The van der Waals surface area contributed by atoms with Gasteiger partial charge in [-0.2, -0.15) is 0 Å². The topological polar surface area (TPSA) is 196 Å². The van der Waals surface area contributed by atoms with Crippen LogP contribution in [0.1, 0.15) is 30.1 Å². The molecule has 3 rings (SSSR count). The molecule has 37 heavy (non-hydrogen) atoms. The second kappa shape index (κ2) is 12.0. The number of nitrogens with two attached hydrogens (primary N) is 1. The van der Waals surface area contributed by atoms with Gasteiger partial charge in [0.25, 0.3) is 5.91 Å². The maximum Gasteiger partial charge on any atom is 0.336 e. The molecule has 1 saturated heterocycles. The Kier molecular flexibility index (Phi) is 9.26. The van der Waals surface area contributed by atoms with E-state index in [1.165, 1.54) is 13.0 Å². The van der Waals surface area contributed by atoms with Gasteiger partial charge in [-0.1, -0.05) is 11.6 Å². The van der Waals surface area contributed by atoms with E-state index >= 15 is 0 Å². The molecule has 1 aliphatic rings. The van der Waals surface area contributed by atoms with Gasteiger partial charge < -0.3 is 41.1 Å². The highest BCUT2D eigenvalue weighted by molar-refractivity contribution is 6.35. The number of aliphatic hydroxyl groups is 2. The molecule has 0 spiro atoms. The zero-order chi connectivity index (χ0) is 27.3. The molecule has 12 nitrogen and oxygen atoms in total. The van der Waals surface area contributed by atoms with Crippen molar-refractivity contribution in [2.24, 2.45) is 5.92 Å². The molecule has 2 heterocycles. The van der Waals surface area contributed by atoms with Gasteiger partial charge in [-0.15, -0.1) is 0 Å². The average Bonchev–Trinajstić information content (AvgIpc) is 2.85. The van der Waals surface area contributed by atoms with E-state index in [0.29, 0.717) is 41.8 Å². The van der Waals surface area contributed by atoms with Crippen LogP contribution in [0.3, 0.4) is 0 Å². The molecule has 3 unspecified atom stereocenters. The van der Waals surface area contributed by atoms with Crippen molar-refractivity contribution in [1.29, 1.82) is 0 Å². The smallest absolute Gasteiger partial charge is 0.336 e. The predicted octanol–water partition coefficient (Wildman–Crippen LogP) is 0.579. The summed E-state index contributed by atoms with van der Waals surface area (Å²) in [6, 6.07) is 4.99. The second-order valence-electron chi connectivity index (χ2n) is 9.50. The molecule has 13 heteroatoms. The van der Waals surface area contributed by atoms with Crippen molar-refractivity contribution >= 4 is 46.0 Å². The number of carbonyl (C=O) groups excluding carboxylic acids is 1. The summed E-state index contributed by atoms with van der Waals surface area (Å²) in [5.74, 6) is -3.47. The number of anilines is 1. The molecular weight excluding hydrogens is 508 g/mol. The Bertz CT molecular complexity index is 1150. The minimum absolute atomic E-state index is 0.156. The first-order chi connectivity index (χ1) is 17.4. The fourth-order valence-corrected chi connectivity index (χ4v) is 4.53. The van der Waals surface area contributed by atoms with E-state index in [0.717, 1.165) is 12.8 Å². The lowest BCUT2D eigenvalue weighted by molar-refractivity contribution is -0.177. The van der Waals surface area contributed by atoms with Gasteiger partial charge in [0.15, 0.2) is 12.2 Å². The van der Waals surface area contributed by atoms with Crippen LogP contribution in [0.5, 0.6) is 0 Å². The zero-order valence-electron chi connectivity index (χ0n) is 20.3. The molecule has 1 aromatic carbocycles. The number of aliphatic carboxylic acids is 2. The van der Waals surface area contributed by atoms with Crippen molar-refractivity contribution in [1.82, 2.24) is 15.2 Å². The first-order valence-electron chi connectivity index (χ1n) is 11.7. The molecule has 0 aliphatic carbocycles. The van der Waals surface area contributed by atoms with Crippen molar-refractivity contribution < 1.29 is 39.5 Å². The number of aliphatic hydroxyl groups excluding tert-OH is 1. The summed E-state index contributed by atoms with van der Waals surface area (Å²) < 4.78 is 5.03. The first-order valence-corrected chi connectivity index (χ1v) is 12.1. The van der Waals surface area contributed by atoms with Crippen LogP contribution >= 0.6 is 11.6 Å². The molecule has 202 valence electrons. The van der Waals surface area contributed by atoms with Crippen LogP contribution in [0.25, 0.3) is 10.9 Å². The number of hydrogen-bond acceptors (Lipinski definition) is 9. The first kappa shape index (κ1) is 28.5. The van der Waals surface area contributed by atoms with Crippen molar-refractivity contribution in [2.45, 2.75) is 37.6 Å². The van der Waals surface area contributed by atoms with E-state index in [1.807, 2.05) is 4.90 Å². The van der Waals surface area contributed by atoms with Gasteiger partial charge in [-0.3, -0.25) is 9.78 Å². The molecule has 0 radical (unpaired) electrons. The number of benzene rings is 1. The van der Waals surface area contributed by atoms with Gasteiger partial charge in [0.2, 0.25) is 0 Å². The lowest BCUT2D eigenvalue weighted by Crippen LogP contribution is -2.50. The number of piperidine rings is 1. The van der Waals surface area contributed by atoms with Crippen LogP contribution in [0.2, 0.25) is 5.02 Å². The van der Waals surface area contributed by atoms with Crippen LogP contribution in [0.15, 0.2) is 24.4 Å². The fourth-order valence-electron chi connectivity index (χ4n) is 4.32. The van der Waals surface area contributed by atoms with Crippen LogP contribution in [-0.4, -0.2) is 98.8 Å². The summed E-state index contributed by atoms with van der Waals surface area (Å²) >= 11 is 6.20. The standard InChI is InChI=1S/C24H31ClN4O8/c1-24(36,12-37-20(23(34)35)19(30)22(32)33)11-29-7-4-13(5-8-29)10-28-21(31)15-9-16(25)17(26)14-3-2-6-27-18(14)15/h2-3,6,9,13,19-20,30,36H,4-5,7-8,10-12,26H2,1H3,(H,28,31)(H,32,33)(H,34,35). The van der Waals surface area contributed by atoms with Gasteiger partial charge in [0, 0.05) is 24.7 Å². The van der Waals surface area contributed by atoms with Crippen molar-refractivity contribution in [3.05, 3.63) is 35.0 Å². The minimum atomic E-state index is -2.25. The molecule has 1 aromatic heterocycles. The van der Waals surface area contributed by atoms with E-state index in [2.05, 4.69) is 10.3 Å². The molecule has 2 aromatic rings. The number of amides is 1. The molecule has 7 N–H and O–H groups in total. The number of fused-ring (bicyclic) bond motifs is 1. The number of nitrogen functional groups attached to an aromatic ring is 1. The number of aromatic nitrogens is 1. The number of halogens is 1. The number of ether oxygens (including phenoxy) is 1. The van der Waals surface area contributed by atoms with E-state index in [4.69, 9.17) is 32.3 Å². The fraction of sp³-hybridized carbons (Fsp3) is 0.500. The number of hydrogen-bond donors (Lipinski definition) is 6. The van der Waals surface area contributed by atoms with E-state index in [-0.39, 0.29) is 23.4 Å². The van der Waals surface area contributed by atoms with Crippen molar-refractivity contribution in [2.75, 3.05) is 38.5 Å². The number of rotatable bonds is 11. The Morgan fingerprint density at radius 3 is 2.59 bits per heavy atom. The third-order valence-electron chi connectivity index (χ3n) is 6.31. The van der Waals surface area contributed by atoms with Crippen LogP contribution in [0, 0.1) is 5.92 Å². The van der Waals surface area contributed by atoms with Gasteiger partial charge in [-0.25, -0.2) is 9.59 Å². The monoisotopic (exact) mass is 538 g/mol. The van der Waals surface area contributed by atoms with Crippen LogP contribution < -0.4 is 11.1 Å². The predicted molar refractivity (Wildman–Crippen MR) is 134 cm³/mol. The lowest BCUT2D eigenvalue weighted by Gasteiger charge is -2.37. The third-order valence-corrected chi connectivity index (χ3v) is 6.62. The Balaban J connectivity index is 1.49.